The first-order valence-electron chi connectivity index (χ1n) is 17.2. The van der Waals surface area contributed by atoms with Crippen LogP contribution in [0.2, 0.25) is 0 Å². The van der Waals surface area contributed by atoms with Crippen LogP contribution in [0.1, 0.15) is 132 Å². The van der Waals surface area contributed by atoms with Crippen molar-refractivity contribution in [1.29, 1.82) is 0 Å². The molecule has 5 rings (SSSR count). The molecule has 240 valence electrons. The smallest absolute Gasteiger partial charge is 0.309 e. The zero-order chi connectivity index (χ0) is 31.3. The summed E-state index contributed by atoms with van der Waals surface area (Å²) in [5.41, 5.74) is -0.0895. The van der Waals surface area contributed by atoms with Gasteiger partial charge in [-0.1, -0.05) is 46.6 Å². The minimum Gasteiger partial charge on any atom is -0.481 e. The Labute approximate surface area is 257 Å². The van der Waals surface area contributed by atoms with Gasteiger partial charge < -0.3 is 14.7 Å². The van der Waals surface area contributed by atoms with E-state index in [1.165, 1.54) is 64.2 Å². The molecule has 0 saturated heterocycles. The molecule has 0 amide bonds. The first-order chi connectivity index (χ1) is 19.5. The van der Waals surface area contributed by atoms with Crippen LogP contribution >= 0.6 is 0 Å². The SMILES string of the molecule is C=CC.CN(C)C12CCCCC1C1CCC3C(C)(CCC4C(C)(C)C(OC(=O)CC(C)(C)C(=O)O)CCC43C)C1CC2. The molecule has 9 unspecified atom stereocenters. The predicted molar refractivity (Wildman–Crippen MR) is 171 cm³/mol. The largest absolute Gasteiger partial charge is 0.481 e. The van der Waals surface area contributed by atoms with Crippen LogP contribution in [0.5, 0.6) is 0 Å². The van der Waals surface area contributed by atoms with Gasteiger partial charge in [-0.15, -0.1) is 6.58 Å². The van der Waals surface area contributed by atoms with Gasteiger partial charge in [-0.05, 0) is 139 Å². The van der Waals surface area contributed by atoms with Gasteiger partial charge in [0, 0.05) is 11.0 Å². The fraction of sp³-hybridized carbons (Fsp3) is 0.892. The molecular weight excluding hydrogens is 522 g/mol. The van der Waals surface area contributed by atoms with Crippen molar-refractivity contribution in [1.82, 2.24) is 4.90 Å². The van der Waals surface area contributed by atoms with Crippen molar-refractivity contribution in [3.05, 3.63) is 12.7 Å². The van der Waals surface area contributed by atoms with E-state index in [0.29, 0.717) is 16.9 Å². The van der Waals surface area contributed by atoms with Crippen molar-refractivity contribution in [2.75, 3.05) is 14.1 Å². The molecule has 0 aromatic heterocycles. The molecule has 9 atom stereocenters. The highest BCUT2D eigenvalue weighted by Gasteiger charge is 2.66. The lowest BCUT2D eigenvalue weighted by atomic mass is 9.36. The Morgan fingerprint density at radius 2 is 1.52 bits per heavy atom. The van der Waals surface area contributed by atoms with Crippen LogP contribution in [-0.4, -0.2) is 47.7 Å². The summed E-state index contributed by atoms with van der Waals surface area (Å²) in [7, 11) is 4.71. The Morgan fingerprint density at radius 1 is 0.881 bits per heavy atom. The van der Waals surface area contributed by atoms with Gasteiger partial charge in [-0.25, -0.2) is 0 Å². The van der Waals surface area contributed by atoms with Gasteiger partial charge in [0.05, 0.1) is 11.8 Å². The molecule has 42 heavy (non-hydrogen) atoms. The second-order valence-corrected chi connectivity index (χ2v) is 17.0. The Bertz CT molecular complexity index is 1020. The van der Waals surface area contributed by atoms with Crippen LogP contribution in [0.3, 0.4) is 0 Å². The maximum absolute atomic E-state index is 12.9. The number of aliphatic carboxylic acids is 1. The maximum atomic E-state index is 12.9. The third-order valence-electron chi connectivity index (χ3n) is 14.0. The third kappa shape index (κ3) is 5.40. The molecule has 5 heteroatoms. The molecule has 5 fully saturated rings. The molecule has 0 aromatic carbocycles. The predicted octanol–water partition coefficient (Wildman–Crippen LogP) is 8.76. The second kappa shape index (κ2) is 11.9. The van der Waals surface area contributed by atoms with E-state index >= 15 is 0 Å². The Morgan fingerprint density at radius 3 is 2.14 bits per heavy atom. The van der Waals surface area contributed by atoms with E-state index in [1.54, 1.807) is 19.9 Å². The molecule has 0 bridgehead atoms. The van der Waals surface area contributed by atoms with Gasteiger partial charge in [0.2, 0.25) is 0 Å². The summed E-state index contributed by atoms with van der Waals surface area (Å²) in [6, 6.07) is 0. The Balaban J connectivity index is 0.00000129. The number of carbonyl (C=O) groups is 2. The summed E-state index contributed by atoms with van der Waals surface area (Å²) in [6.07, 6.45) is 17.3. The van der Waals surface area contributed by atoms with E-state index in [-0.39, 0.29) is 29.3 Å². The fourth-order valence-electron chi connectivity index (χ4n) is 11.9. The van der Waals surface area contributed by atoms with Crippen molar-refractivity contribution in [2.45, 2.75) is 144 Å². The zero-order valence-corrected chi connectivity index (χ0v) is 28.6. The number of carboxylic acid groups (broad SMARTS) is 1. The van der Waals surface area contributed by atoms with Crippen molar-refractivity contribution in [3.8, 4) is 0 Å². The number of ether oxygens (including phenoxy) is 1. The summed E-state index contributed by atoms with van der Waals surface area (Å²) in [5, 5.41) is 9.50. The van der Waals surface area contributed by atoms with Gasteiger partial charge in [-0.2, -0.15) is 0 Å². The monoisotopic (exact) mass is 585 g/mol. The standard InChI is InChI=1S/C34H57NO4.C3H6/c1-30(2,29(37)38)21-28(36)39-27-16-19-33(6)25(31(27,3)4)15-18-32(5)23-14-20-34(35(7)8)17-10-9-11-24(34)22(23)12-13-26(32)33;1-3-2/h22-27H,9-21H2,1-8H3,(H,37,38);3H,1H2,2H3. The number of esters is 1. The van der Waals surface area contributed by atoms with Crippen molar-refractivity contribution in [2.24, 2.45) is 51.2 Å². The first-order valence-corrected chi connectivity index (χ1v) is 17.2. The lowest BCUT2D eigenvalue weighted by Gasteiger charge is -2.70. The number of nitrogens with zero attached hydrogens (tertiary/aromatic N) is 1. The van der Waals surface area contributed by atoms with E-state index in [1.807, 2.05) is 6.92 Å². The van der Waals surface area contributed by atoms with Crippen molar-refractivity contribution in [3.63, 3.8) is 0 Å². The number of hydrogen-bond acceptors (Lipinski definition) is 4. The van der Waals surface area contributed by atoms with Crippen LogP contribution in [0, 0.1) is 51.2 Å². The number of carbonyl (C=O) groups excluding carboxylic acids is 1. The summed E-state index contributed by atoms with van der Waals surface area (Å²) >= 11 is 0. The van der Waals surface area contributed by atoms with E-state index < -0.39 is 11.4 Å². The molecule has 0 spiro atoms. The number of rotatable bonds is 5. The molecular formula is C37H63NO4. The van der Waals surface area contributed by atoms with Crippen LogP contribution in [0.15, 0.2) is 12.7 Å². The van der Waals surface area contributed by atoms with Gasteiger partial charge >= 0.3 is 11.9 Å². The van der Waals surface area contributed by atoms with E-state index in [2.05, 4.69) is 53.3 Å². The average molecular weight is 586 g/mol. The van der Waals surface area contributed by atoms with Gasteiger partial charge in [0.1, 0.15) is 6.10 Å². The van der Waals surface area contributed by atoms with E-state index in [9.17, 15) is 14.7 Å². The van der Waals surface area contributed by atoms with Crippen LogP contribution in [-0.2, 0) is 14.3 Å². The quantitative estimate of drug-likeness (QED) is 0.258. The molecule has 5 saturated carbocycles. The Hall–Kier alpha value is -1.36. The average Bonchev–Trinajstić information content (AvgIpc) is 2.90. The molecule has 0 heterocycles. The van der Waals surface area contributed by atoms with Crippen LogP contribution in [0.25, 0.3) is 0 Å². The first kappa shape index (κ1) is 33.5. The number of hydrogen-bond donors (Lipinski definition) is 1. The summed E-state index contributed by atoms with van der Waals surface area (Å²) in [6.45, 7) is 18.4. The number of allylic oxidation sites excluding steroid dienone is 1. The van der Waals surface area contributed by atoms with E-state index in [0.717, 1.165) is 36.5 Å². The lowest BCUT2D eigenvalue weighted by Crippen LogP contribution is -2.66. The van der Waals surface area contributed by atoms with Gasteiger partial charge in [0.25, 0.3) is 0 Å². The summed E-state index contributed by atoms with van der Waals surface area (Å²) < 4.78 is 6.12. The number of fused-ring (bicyclic) bond motifs is 7. The molecule has 0 aliphatic heterocycles. The van der Waals surface area contributed by atoms with Crippen molar-refractivity contribution >= 4 is 11.9 Å². The molecule has 1 N–H and O–H groups in total. The normalized spacial score (nSPS) is 42.4. The third-order valence-corrected chi connectivity index (χ3v) is 14.0. The second-order valence-electron chi connectivity index (χ2n) is 17.0. The fourth-order valence-corrected chi connectivity index (χ4v) is 11.9. The van der Waals surface area contributed by atoms with Gasteiger partial charge in [-0.3, -0.25) is 9.59 Å². The van der Waals surface area contributed by atoms with E-state index in [4.69, 9.17) is 4.74 Å². The molecule has 0 aromatic rings. The Kier molecular flexibility index (Phi) is 9.47. The summed E-state index contributed by atoms with van der Waals surface area (Å²) in [5.74, 6) is 2.55. The molecule has 0 radical (unpaired) electrons. The highest BCUT2D eigenvalue weighted by Crippen LogP contribution is 2.72. The highest BCUT2D eigenvalue weighted by molar-refractivity contribution is 5.81. The lowest BCUT2D eigenvalue weighted by molar-refractivity contribution is -0.225. The minimum atomic E-state index is -1.10. The highest BCUT2D eigenvalue weighted by atomic mass is 16.5. The van der Waals surface area contributed by atoms with Crippen LogP contribution < -0.4 is 0 Å². The molecule has 5 aliphatic rings. The van der Waals surface area contributed by atoms with Gasteiger partial charge in [0.15, 0.2) is 0 Å². The molecule has 5 aliphatic carbocycles. The minimum absolute atomic E-state index is 0.0732. The van der Waals surface area contributed by atoms with Crippen LogP contribution in [0.4, 0.5) is 0 Å². The topological polar surface area (TPSA) is 66.8 Å². The molecule has 5 nitrogen and oxygen atoms in total. The van der Waals surface area contributed by atoms with Crippen molar-refractivity contribution < 1.29 is 19.4 Å². The maximum Gasteiger partial charge on any atom is 0.309 e. The number of carboxylic acids is 1. The zero-order valence-electron chi connectivity index (χ0n) is 28.6. The summed E-state index contributed by atoms with van der Waals surface area (Å²) in [4.78, 5) is 27.1.